The van der Waals surface area contributed by atoms with Crippen molar-refractivity contribution in [2.45, 2.75) is 13.0 Å². The van der Waals surface area contributed by atoms with Gasteiger partial charge in [-0.15, -0.1) is 0 Å². The van der Waals surface area contributed by atoms with Gasteiger partial charge in [0.15, 0.2) is 0 Å². The van der Waals surface area contributed by atoms with Gasteiger partial charge in [0, 0.05) is 12.6 Å². The van der Waals surface area contributed by atoms with E-state index in [0.29, 0.717) is 17.2 Å². The van der Waals surface area contributed by atoms with E-state index in [1.165, 1.54) is 30.1 Å². The van der Waals surface area contributed by atoms with Crippen LogP contribution in [0.5, 0.6) is 11.5 Å². The SMILES string of the molecule is CCOC(=O)C1=C(COc2ccc(OC)cc2)N(C)C(=O)N[C@H]1c1ccccc1F. The number of ether oxygens (including phenoxy) is 3. The van der Waals surface area contributed by atoms with Crippen molar-refractivity contribution in [3.05, 3.63) is 71.2 Å². The quantitative estimate of drug-likeness (QED) is 0.703. The molecule has 8 heteroatoms. The standard InChI is InChI=1S/C22H23FN2O5/c1-4-29-21(26)19-18(13-30-15-11-9-14(28-3)10-12-15)25(2)22(27)24-20(19)16-7-5-6-8-17(16)23/h5-12,20H,4,13H2,1-3H3,(H,24,27)/t20-/m0/s1. The Balaban J connectivity index is 2.01. The van der Waals surface area contributed by atoms with E-state index in [9.17, 15) is 14.0 Å². The van der Waals surface area contributed by atoms with Crippen LogP contribution in [0.4, 0.5) is 9.18 Å². The number of hydrogen-bond acceptors (Lipinski definition) is 5. The van der Waals surface area contributed by atoms with Crippen LogP contribution >= 0.6 is 0 Å². The molecule has 3 rings (SSSR count). The van der Waals surface area contributed by atoms with Crippen molar-refractivity contribution in [2.24, 2.45) is 0 Å². The first-order chi connectivity index (χ1) is 14.5. The fourth-order valence-electron chi connectivity index (χ4n) is 3.15. The lowest BCUT2D eigenvalue weighted by molar-refractivity contribution is -0.139. The molecule has 0 radical (unpaired) electrons. The number of benzene rings is 2. The first kappa shape index (κ1) is 21.2. The minimum Gasteiger partial charge on any atom is -0.497 e. The number of rotatable bonds is 7. The second-order valence-electron chi connectivity index (χ2n) is 6.51. The Morgan fingerprint density at radius 3 is 2.43 bits per heavy atom. The van der Waals surface area contributed by atoms with Gasteiger partial charge in [-0.3, -0.25) is 4.90 Å². The third kappa shape index (κ3) is 4.37. The van der Waals surface area contributed by atoms with Gasteiger partial charge in [0.2, 0.25) is 0 Å². The zero-order valence-electron chi connectivity index (χ0n) is 17.0. The highest BCUT2D eigenvalue weighted by Crippen LogP contribution is 2.32. The van der Waals surface area contributed by atoms with Crippen molar-refractivity contribution in [1.29, 1.82) is 0 Å². The summed E-state index contributed by atoms with van der Waals surface area (Å²) in [6, 6.07) is 11.4. The van der Waals surface area contributed by atoms with Crippen LogP contribution in [0.3, 0.4) is 0 Å². The molecule has 0 saturated carbocycles. The number of likely N-dealkylation sites (N-methyl/N-ethyl adjacent to an activating group) is 1. The Bertz CT molecular complexity index is 958. The largest absolute Gasteiger partial charge is 0.497 e. The van der Waals surface area contributed by atoms with Gasteiger partial charge >= 0.3 is 12.0 Å². The van der Waals surface area contributed by atoms with Crippen molar-refractivity contribution in [1.82, 2.24) is 10.2 Å². The molecule has 0 aliphatic carbocycles. The normalized spacial score (nSPS) is 16.2. The number of nitrogens with zero attached hydrogens (tertiary/aromatic N) is 1. The second-order valence-corrected chi connectivity index (χ2v) is 6.51. The number of carbonyl (C=O) groups excluding carboxylic acids is 2. The fourth-order valence-corrected chi connectivity index (χ4v) is 3.15. The number of esters is 1. The maximum absolute atomic E-state index is 14.5. The van der Waals surface area contributed by atoms with Crippen LogP contribution < -0.4 is 14.8 Å². The second kappa shape index (κ2) is 9.30. The molecule has 1 aliphatic rings. The van der Waals surface area contributed by atoms with E-state index in [2.05, 4.69) is 5.32 Å². The van der Waals surface area contributed by atoms with Crippen molar-refractivity contribution < 1.29 is 28.2 Å². The molecule has 0 spiro atoms. The van der Waals surface area contributed by atoms with Crippen LogP contribution in [-0.4, -0.2) is 44.3 Å². The molecule has 1 heterocycles. The summed E-state index contributed by atoms with van der Waals surface area (Å²) in [5, 5.41) is 2.67. The Labute approximate surface area is 174 Å². The summed E-state index contributed by atoms with van der Waals surface area (Å²) in [7, 11) is 3.07. The maximum atomic E-state index is 14.5. The van der Waals surface area contributed by atoms with Gasteiger partial charge in [0.1, 0.15) is 23.9 Å². The number of methoxy groups -OCH3 is 1. The molecule has 158 valence electrons. The highest BCUT2D eigenvalue weighted by atomic mass is 19.1. The molecule has 30 heavy (non-hydrogen) atoms. The average Bonchev–Trinajstić information content (AvgIpc) is 2.75. The summed E-state index contributed by atoms with van der Waals surface area (Å²) in [5.41, 5.74) is 0.586. The summed E-state index contributed by atoms with van der Waals surface area (Å²) >= 11 is 0. The zero-order valence-corrected chi connectivity index (χ0v) is 17.0. The topological polar surface area (TPSA) is 77.1 Å². The molecule has 0 unspecified atom stereocenters. The van der Waals surface area contributed by atoms with E-state index < -0.39 is 23.9 Å². The van der Waals surface area contributed by atoms with Crippen LogP contribution in [0.2, 0.25) is 0 Å². The van der Waals surface area contributed by atoms with Crippen LogP contribution in [0.25, 0.3) is 0 Å². The number of halogens is 1. The van der Waals surface area contributed by atoms with Gasteiger partial charge in [0.25, 0.3) is 0 Å². The van der Waals surface area contributed by atoms with Crippen LogP contribution in [0, 0.1) is 5.82 Å². The molecule has 1 atom stereocenters. The van der Waals surface area contributed by atoms with Crippen molar-refractivity contribution in [3.8, 4) is 11.5 Å². The summed E-state index contributed by atoms with van der Waals surface area (Å²) < 4.78 is 30.6. The van der Waals surface area contributed by atoms with Gasteiger partial charge < -0.3 is 19.5 Å². The van der Waals surface area contributed by atoms with E-state index in [1.807, 2.05) is 0 Å². The lowest BCUT2D eigenvalue weighted by Gasteiger charge is -2.34. The molecular weight excluding hydrogens is 391 g/mol. The van der Waals surface area contributed by atoms with Crippen molar-refractivity contribution in [3.63, 3.8) is 0 Å². The highest BCUT2D eigenvalue weighted by molar-refractivity contribution is 5.95. The summed E-state index contributed by atoms with van der Waals surface area (Å²) in [4.78, 5) is 26.6. The highest BCUT2D eigenvalue weighted by Gasteiger charge is 2.38. The molecule has 0 aromatic heterocycles. The molecule has 0 bridgehead atoms. The third-order valence-corrected chi connectivity index (χ3v) is 4.72. The Morgan fingerprint density at radius 1 is 1.13 bits per heavy atom. The first-order valence-electron chi connectivity index (χ1n) is 9.42. The molecule has 2 aromatic carbocycles. The van der Waals surface area contributed by atoms with Gasteiger partial charge in [-0.2, -0.15) is 0 Å². The smallest absolute Gasteiger partial charge is 0.338 e. The van der Waals surface area contributed by atoms with Gasteiger partial charge in [-0.05, 0) is 37.3 Å². The van der Waals surface area contributed by atoms with Gasteiger partial charge in [-0.25, -0.2) is 14.0 Å². The Kier molecular flexibility index (Phi) is 6.56. The van der Waals surface area contributed by atoms with E-state index in [4.69, 9.17) is 14.2 Å². The maximum Gasteiger partial charge on any atom is 0.338 e. The van der Waals surface area contributed by atoms with Crippen molar-refractivity contribution in [2.75, 3.05) is 27.4 Å². The minimum absolute atomic E-state index is 0.0879. The van der Waals surface area contributed by atoms with Gasteiger partial charge in [-0.1, -0.05) is 18.2 Å². The van der Waals surface area contributed by atoms with E-state index >= 15 is 0 Å². The van der Waals surface area contributed by atoms with Crippen LogP contribution in [0.15, 0.2) is 59.8 Å². The molecule has 1 aliphatic heterocycles. The summed E-state index contributed by atoms with van der Waals surface area (Å²) in [6.45, 7) is 1.72. The Morgan fingerprint density at radius 2 is 1.80 bits per heavy atom. The van der Waals surface area contributed by atoms with E-state index in [0.717, 1.165) is 0 Å². The molecule has 0 fully saturated rings. The minimum atomic E-state index is -0.997. The Hall–Kier alpha value is -3.55. The first-order valence-corrected chi connectivity index (χ1v) is 9.42. The summed E-state index contributed by atoms with van der Waals surface area (Å²) in [6.07, 6.45) is 0. The molecular formula is C22H23FN2O5. The van der Waals surface area contributed by atoms with Gasteiger partial charge in [0.05, 0.1) is 31.0 Å². The third-order valence-electron chi connectivity index (χ3n) is 4.72. The molecule has 2 aromatic rings. The average molecular weight is 414 g/mol. The zero-order chi connectivity index (χ0) is 21.7. The van der Waals surface area contributed by atoms with E-state index in [1.54, 1.807) is 44.4 Å². The molecule has 2 amide bonds. The number of hydrogen-bond donors (Lipinski definition) is 1. The van der Waals surface area contributed by atoms with Crippen LogP contribution in [-0.2, 0) is 9.53 Å². The van der Waals surface area contributed by atoms with E-state index in [-0.39, 0.29) is 24.4 Å². The summed E-state index contributed by atoms with van der Waals surface area (Å²) in [5.74, 6) is 0.00592. The lowest BCUT2D eigenvalue weighted by Crippen LogP contribution is -2.48. The lowest BCUT2D eigenvalue weighted by atomic mass is 9.94. The van der Waals surface area contributed by atoms with Crippen molar-refractivity contribution >= 4 is 12.0 Å². The number of carbonyl (C=O) groups is 2. The molecule has 0 saturated heterocycles. The predicted molar refractivity (Wildman–Crippen MR) is 108 cm³/mol. The van der Waals surface area contributed by atoms with Crippen LogP contribution in [0.1, 0.15) is 18.5 Å². The fraction of sp³-hybridized carbons (Fsp3) is 0.273. The number of nitrogens with one attached hydrogen (secondary N) is 1. The molecule has 7 nitrogen and oxygen atoms in total. The monoisotopic (exact) mass is 414 g/mol. The molecule has 1 N–H and O–H groups in total. The predicted octanol–water partition coefficient (Wildman–Crippen LogP) is 3.43. The number of amides is 2. The number of urea groups is 1.